The van der Waals surface area contributed by atoms with Crippen molar-refractivity contribution in [2.75, 3.05) is 5.75 Å². The highest BCUT2D eigenvalue weighted by molar-refractivity contribution is 7.93. The molecule has 0 saturated heterocycles. The van der Waals surface area contributed by atoms with Gasteiger partial charge in [0.1, 0.15) is 5.78 Å². The molecule has 9 heteroatoms. The molecule has 1 fully saturated rings. The fourth-order valence-corrected chi connectivity index (χ4v) is 5.82. The minimum Gasteiger partial charge on any atom is -0.476 e. The highest BCUT2D eigenvalue weighted by Gasteiger charge is 2.34. The minimum atomic E-state index is -3.74. The number of aromatic nitrogens is 1. The highest BCUT2D eigenvalue weighted by atomic mass is 32.2. The van der Waals surface area contributed by atoms with Crippen LogP contribution in [0.3, 0.4) is 0 Å². The highest BCUT2D eigenvalue weighted by Crippen LogP contribution is 2.33. The van der Waals surface area contributed by atoms with Crippen LogP contribution in [-0.4, -0.2) is 47.2 Å². The maximum atomic E-state index is 12.5. The molecule has 29 heavy (non-hydrogen) atoms. The number of thiazole rings is 1. The van der Waals surface area contributed by atoms with Crippen molar-refractivity contribution in [1.29, 1.82) is 0 Å². The van der Waals surface area contributed by atoms with Crippen LogP contribution in [0.4, 0.5) is 0 Å². The number of hydrogen-bond donors (Lipinski definition) is 2. The Morgan fingerprint density at radius 2 is 2.21 bits per heavy atom. The predicted molar refractivity (Wildman–Crippen MR) is 111 cm³/mol. The molecule has 0 bridgehead atoms. The van der Waals surface area contributed by atoms with Gasteiger partial charge in [-0.2, -0.15) is 0 Å². The second-order valence-electron chi connectivity index (χ2n) is 7.50. The van der Waals surface area contributed by atoms with Gasteiger partial charge in [0.2, 0.25) is 14.2 Å². The third kappa shape index (κ3) is 6.87. The number of carboxylic acid groups (broad SMARTS) is 1. The van der Waals surface area contributed by atoms with Crippen molar-refractivity contribution in [1.82, 2.24) is 4.98 Å². The second-order valence-corrected chi connectivity index (χ2v) is 10.6. The molecule has 1 aliphatic carbocycles. The van der Waals surface area contributed by atoms with E-state index in [1.54, 1.807) is 0 Å². The number of aromatic carboxylic acids is 1. The summed E-state index contributed by atoms with van der Waals surface area (Å²) >= 11 is 0.780. The fraction of sp³-hybridized carbons (Fsp3) is 0.550. The summed E-state index contributed by atoms with van der Waals surface area (Å²) < 4.78 is 24.7. The molecule has 2 rings (SSSR count). The molecule has 3 unspecified atom stereocenters. The number of hydrogen-bond acceptors (Lipinski definition) is 7. The molecule has 1 heterocycles. The van der Waals surface area contributed by atoms with Crippen LogP contribution in [0.5, 0.6) is 0 Å². The molecule has 0 aliphatic heterocycles. The van der Waals surface area contributed by atoms with Crippen molar-refractivity contribution in [2.45, 2.75) is 55.9 Å². The number of aliphatic hydroxyl groups excluding tert-OH is 1. The Labute approximate surface area is 175 Å². The number of ketones is 1. The van der Waals surface area contributed by atoms with Crippen LogP contribution >= 0.6 is 11.3 Å². The first-order valence-corrected chi connectivity index (χ1v) is 12.1. The maximum absolute atomic E-state index is 12.5. The molecular formula is C20H27NO6S2. The van der Waals surface area contributed by atoms with Crippen molar-refractivity contribution in [3.8, 4) is 0 Å². The fourth-order valence-electron chi connectivity index (χ4n) is 3.35. The molecule has 0 aromatic carbocycles. The van der Waals surface area contributed by atoms with Gasteiger partial charge in [-0.05, 0) is 44.9 Å². The van der Waals surface area contributed by atoms with Gasteiger partial charge in [-0.15, -0.1) is 17.9 Å². The number of carboxylic acids is 1. The van der Waals surface area contributed by atoms with Crippen LogP contribution in [0.1, 0.15) is 55.9 Å². The molecule has 0 radical (unpaired) electrons. The van der Waals surface area contributed by atoms with E-state index in [0.29, 0.717) is 25.7 Å². The normalized spacial score (nSPS) is 21.0. The zero-order chi connectivity index (χ0) is 21.6. The van der Waals surface area contributed by atoms with Crippen molar-refractivity contribution in [3.05, 3.63) is 35.4 Å². The first kappa shape index (κ1) is 23.4. The van der Waals surface area contributed by atoms with E-state index in [1.165, 1.54) is 5.38 Å². The van der Waals surface area contributed by atoms with Crippen LogP contribution in [0, 0.1) is 11.8 Å². The molecule has 1 aliphatic rings. The third-order valence-electron chi connectivity index (χ3n) is 5.02. The van der Waals surface area contributed by atoms with Crippen LogP contribution in [0.25, 0.3) is 0 Å². The van der Waals surface area contributed by atoms with Gasteiger partial charge in [-0.3, -0.25) is 4.79 Å². The summed E-state index contributed by atoms with van der Waals surface area (Å²) in [6.07, 6.45) is 6.46. The van der Waals surface area contributed by atoms with Gasteiger partial charge in [0.15, 0.2) is 5.69 Å². The lowest BCUT2D eigenvalue weighted by molar-refractivity contribution is -0.121. The van der Waals surface area contributed by atoms with E-state index in [9.17, 15) is 23.1 Å². The van der Waals surface area contributed by atoms with E-state index in [-0.39, 0.29) is 39.8 Å². The SMILES string of the molecule is C=C(C)CCC(O)CC=CC1CCC(=O)C1CCS(=O)(=O)c1nc(C(=O)O)cs1. The van der Waals surface area contributed by atoms with Crippen molar-refractivity contribution >= 4 is 32.9 Å². The lowest BCUT2D eigenvalue weighted by Gasteiger charge is -2.15. The maximum Gasteiger partial charge on any atom is 0.355 e. The Balaban J connectivity index is 1.93. The number of Topliss-reactive ketones (excluding diaryl/α,β-unsaturated/α-hetero) is 1. The Hall–Kier alpha value is -1.84. The summed E-state index contributed by atoms with van der Waals surface area (Å²) in [6.45, 7) is 5.73. The topological polar surface area (TPSA) is 122 Å². The van der Waals surface area contributed by atoms with E-state index in [2.05, 4.69) is 11.6 Å². The van der Waals surface area contributed by atoms with E-state index in [4.69, 9.17) is 5.11 Å². The van der Waals surface area contributed by atoms with Gasteiger partial charge >= 0.3 is 5.97 Å². The largest absolute Gasteiger partial charge is 0.476 e. The van der Waals surface area contributed by atoms with E-state index < -0.39 is 21.9 Å². The molecule has 1 saturated carbocycles. The van der Waals surface area contributed by atoms with Crippen molar-refractivity contribution in [2.24, 2.45) is 11.8 Å². The standard InChI is InChI=1S/C20H27NO6S2/c1-13(2)6-8-15(22)5-3-4-14-7-9-18(23)16(14)10-11-29(26,27)20-21-17(12-28-20)19(24)25/h3-4,12,14-16,22H,1,5-11H2,2H3,(H,24,25). The summed E-state index contributed by atoms with van der Waals surface area (Å²) in [5.74, 6) is -1.90. The third-order valence-corrected chi connectivity index (χ3v) is 8.10. The average Bonchev–Trinajstić information content (AvgIpc) is 3.26. The molecule has 0 spiro atoms. The van der Waals surface area contributed by atoms with Gasteiger partial charge < -0.3 is 10.2 Å². The quantitative estimate of drug-likeness (QED) is 0.505. The molecule has 7 nitrogen and oxygen atoms in total. The minimum absolute atomic E-state index is 0.0445. The molecule has 1 aromatic rings. The summed E-state index contributed by atoms with van der Waals surface area (Å²) in [5.41, 5.74) is 0.725. The van der Waals surface area contributed by atoms with E-state index in [1.807, 2.05) is 19.1 Å². The number of sulfone groups is 1. The number of allylic oxidation sites excluding steroid dienone is 2. The smallest absolute Gasteiger partial charge is 0.355 e. The Morgan fingerprint density at radius 3 is 2.83 bits per heavy atom. The Morgan fingerprint density at radius 1 is 1.48 bits per heavy atom. The van der Waals surface area contributed by atoms with Gasteiger partial charge in [-0.1, -0.05) is 17.7 Å². The lowest BCUT2D eigenvalue weighted by Crippen LogP contribution is -2.19. The molecule has 0 amide bonds. The number of aliphatic hydroxyl groups is 1. The number of rotatable bonds is 11. The molecule has 2 N–H and O–H groups in total. The Bertz CT molecular complexity index is 887. The first-order chi connectivity index (χ1) is 13.6. The summed E-state index contributed by atoms with van der Waals surface area (Å²) in [7, 11) is -3.74. The monoisotopic (exact) mass is 441 g/mol. The summed E-state index contributed by atoms with van der Waals surface area (Å²) in [5, 5.41) is 20.1. The van der Waals surface area contributed by atoms with Crippen molar-refractivity contribution in [3.63, 3.8) is 0 Å². The molecule has 160 valence electrons. The van der Waals surface area contributed by atoms with Gasteiger partial charge in [0, 0.05) is 17.7 Å². The zero-order valence-electron chi connectivity index (χ0n) is 16.4. The average molecular weight is 442 g/mol. The van der Waals surface area contributed by atoms with E-state index >= 15 is 0 Å². The number of carbonyl (C=O) groups is 2. The van der Waals surface area contributed by atoms with Crippen LogP contribution in [0.15, 0.2) is 34.0 Å². The first-order valence-electron chi connectivity index (χ1n) is 9.53. The van der Waals surface area contributed by atoms with Gasteiger partial charge in [-0.25, -0.2) is 18.2 Å². The van der Waals surface area contributed by atoms with Gasteiger partial charge in [0.25, 0.3) is 0 Å². The molecule has 1 aromatic heterocycles. The molecule has 3 atom stereocenters. The van der Waals surface area contributed by atoms with Crippen LogP contribution < -0.4 is 0 Å². The lowest BCUT2D eigenvalue weighted by atomic mass is 9.92. The Kier molecular flexibility index (Phi) is 8.30. The number of nitrogens with zero attached hydrogens (tertiary/aromatic N) is 1. The van der Waals surface area contributed by atoms with E-state index in [0.717, 1.165) is 23.3 Å². The predicted octanol–water partition coefficient (Wildman–Crippen LogP) is 3.26. The second kappa shape index (κ2) is 10.3. The zero-order valence-corrected chi connectivity index (χ0v) is 18.0. The molecular weight excluding hydrogens is 414 g/mol. The number of carbonyl (C=O) groups excluding carboxylic acids is 1. The van der Waals surface area contributed by atoms with Crippen molar-refractivity contribution < 1.29 is 28.2 Å². The summed E-state index contributed by atoms with van der Waals surface area (Å²) in [6, 6.07) is 0. The van der Waals surface area contributed by atoms with Crippen LogP contribution in [0.2, 0.25) is 0 Å². The summed E-state index contributed by atoms with van der Waals surface area (Å²) in [4.78, 5) is 26.8. The van der Waals surface area contributed by atoms with Gasteiger partial charge in [0.05, 0.1) is 11.9 Å². The van der Waals surface area contributed by atoms with Crippen LogP contribution in [-0.2, 0) is 14.6 Å².